The van der Waals surface area contributed by atoms with Crippen LogP contribution in [0.15, 0.2) is 36.7 Å². The van der Waals surface area contributed by atoms with Crippen LogP contribution in [0.4, 0.5) is 10.5 Å². The molecule has 2 heterocycles. The zero-order chi connectivity index (χ0) is 18.7. The third kappa shape index (κ3) is 3.93. The number of benzene rings is 1. The van der Waals surface area contributed by atoms with Crippen molar-refractivity contribution in [2.45, 2.75) is 32.9 Å². The molecule has 1 unspecified atom stereocenters. The van der Waals surface area contributed by atoms with Crippen LogP contribution >= 0.6 is 0 Å². The van der Waals surface area contributed by atoms with E-state index >= 15 is 0 Å². The molecule has 2 aromatic rings. The van der Waals surface area contributed by atoms with Gasteiger partial charge in [-0.15, -0.1) is 0 Å². The predicted molar refractivity (Wildman–Crippen MR) is 97.0 cm³/mol. The van der Waals surface area contributed by atoms with Crippen molar-refractivity contribution in [1.82, 2.24) is 10.3 Å². The third-order valence-electron chi connectivity index (χ3n) is 4.15. The van der Waals surface area contributed by atoms with Gasteiger partial charge in [0.2, 0.25) is 5.91 Å². The highest BCUT2D eigenvalue weighted by Crippen LogP contribution is 2.38. The summed E-state index contributed by atoms with van der Waals surface area (Å²) in [6, 6.07) is 6.54. The van der Waals surface area contributed by atoms with Gasteiger partial charge >= 0.3 is 6.09 Å². The monoisotopic (exact) mass is 355 g/mol. The molecule has 136 valence electrons. The van der Waals surface area contributed by atoms with Crippen LogP contribution in [0.25, 0.3) is 11.1 Å². The van der Waals surface area contributed by atoms with Gasteiger partial charge in [-0.05, 0) is 36.1 Å². The van der Waals surface area contributed by atoms with Gasteiger partial charge in [-0.3, -0.25) is 9.78 Å². The highest BCUT2D eigenvalue weighted by molar-refractivity contribution is 5.97. The maximum absolute atomic E-state index is 12.5. The molecule has 1 aromatic carbocycles. The van der Waals surface area contributed by atoms with E-state index in [1.807, 2.05) is 26.0 Å². The Labute approximate surface area is 151 Å². The number of ether oxygens (including phenoxy) is 1. The molecule has 0 aliphatic carbocycles. The van der Waals surface area contributed by atoms with E-state index in [4.69, 9.17) is 9.84 Å². The van der Waals surface area contributed by atoms with Crippen molar-refractivity contribution < 1.29 is 19.4 Å². The van der Waals surface area contributed by atoms with Crippen LogP contribution in [0, 0.1) is 5.92 Å². The second-order valence-corrected chi connectivity index (χ2v) is 6.65. The fourth-order valence-electron chi connectivity index (χ4n) is 2.98. The van der Waals surface area contributed by atoms with Gasteiger partial charge in [0.05, 0.1) is 0 Å². The summed E-state index contributed by atoms with van der Waals surface area (Å²) in [5.41, 5.74) is 3.57. The number of amides is 2. The van der Waals surface area contributed by atoms with Gasteiger partial charge in [-0.25, -0.2) is 4.79 Å². The first-order valence-corrected chi connectivity index (χ1v) is 8.44. The van der Waals surface area contributed by atoms with E-state index in [1.165, 1.54) is 0 Å². The minimum Gasteiger partial charge on any atom is -0.488 e. The molecule has 0 saturated heterocycles. The largest absolute Gasteiger partial charge is 0.488 e. The lowest BCUT2D eigenvalue weighted by Crippen LogP contribution is -2.44. The normalized spacial score (nSPS) is 13.2. The summed E-state index contributed by atoms with van der Waals surface area (Å²) in [4.78, 5) is 27.5. The molecular formula is C19H21N3O4. The lowest BCUT2D eigenvalue weighted by molar-refractivity contribution is -0.118. The van der Waals surface area contributed by atoms with Crippen LogP contribution in [-0.2, 0) is 11.4 Å². The van der Waals surface area contributed by atoms with E-state index in [0.29, 0.717) is 24.5 Å². The van der Waals surface area contributed by atoms with Crippen molar-refractivity contribution in [2.75, 3.05) is 5.32 Å². The summed E-state index contributed by atoms with van der Waals surface area (Å²) in [6.07, 6.45) is 2.71. The molecule has 7 nitrogen and oxygen atoms in total. The zero-order valence-corrected chi connectivity index (χ0v) is 14.7. The standard InChI is InChI=1S/C19H21N3O4/c1-11(2)7-16(22-19(24)25)18(23)21-13-3-4-15-14-5-6-20-9-12(14)10-26-17(15)8-13/h3-6,8-9,11,16,22H,7,10H2,1-2H3,(H,21,23)(H,24,25). The molecular weight excluding hydrogens is 334 g/mol. The lowest BCUT2D eigenvalue weighted by Gasteiger charge is -2.22. The van der Waals surface area contributed by atoms with Gasteiger partial charge in [0.25, 0.3) is 0 Å². The summed E-state index contributed by atoms with van der Waals surface area (Å²) in [5, 5.41) is 14.0. The fraction of sp³-hybridized carbons (Fsp3) is 0.316. The van der Waals surface area contributed by atoms with Gasteiger partial charge in [0.1, 0.15) is 18.4 Å². The van der Waals surface area contributed by atoms with Crippen LogP contribution in [0.3, 0.4) is 0 Å². The molecule has 26 heavy (non-hydrogen) atoms. The van der Waals surface area contributed by atoms with Crippen LogP contribution in [0.2, 0.25) is 0 Å². The molecule has 0 spiro atoms. The Hall–Kier alpha value is -3.09. The first-order chi connectivity index (χ1) is 12.4. The second-order valence-electron chi connectivity index (χ2n) is 6.65. The van der Waals surface area contributed by atoms with Crippen LogP contribution < -0.4 is 15.4 Å². The number of nitrogens with zero attached hydrogens (tertiary/aromatic N) is 1. The summed E-state index contributed by atoms with van der Waals surface area (Å²) in [7, 11) is 0. The van der Waals surface area contributed by atoms with Crippen molar-refractivity contribution in [3.63, 3.8) is 0 Å². The molecule has 0 fully saturated rings. The van der Waals surface area contributed by atoms with E-state index < -0.39 is 12.1 Å². The van der Waals surface area contributed by atoms with Crippen LogP contribution in [0.1, 0.15) is 25.8 Å². The summed E-state index contributed by atoms with van der Waals surface area (Å²) < 4.78 is 5.76. The Bertz CT molecular complexity index is 835. The first-order valence-electron chi connectivity index (χ1n) is 8.44. The smallest absolute Gasteiger partial charge is 0.405 e. The number of carbonyl (C=O) groups excluding carboxylic acids is 1. The van der Waals surface area contributed by atoms with Crippen LogP contribution in [-0.4, -0.2) is 28.1 Å². The van der Waals surface area contributed by atoms with E-state index in [1.54, 1.807) is 24.5 Å². The quantitative estimate of drug-likeness (QED) is 0.764. The highest BCUT2D eigenvalue weighted by atomic mass is 16.5. The summed E-state index contributed by atoms with van der Waals surface area (Å²) in [6.45, 7) is 4.29. The molecule has 2 amide bonds. The Morgan fingerprint density at radius 1 is 1.27 bits per heavy atom. The van der Waals surface area contributed by atoms with E-state index in [-0.39, 0.29) is 11.8 Å². The average molecular weight is 355 g/mol. The molecule has 0 saturated carbocycles. The molecule has 0 bridgehead atoms. The number of aromatic nitrogens is 1. The molecule has 1 aliphatic rings. The summed E-state index contributed by atoms with van der Waals surface area (Å²) >= 11 is 0. The van der Waals surface area contributed by atoms with Crippen molar-refractivity contribution >= 4 is 17.7 Å². The van der Waals surface area contributed by atoms with Gasteiger partial charge in [0, 0.05) is 35.3 Å². The van der Waals surface area contributed by atoms with Crippen molar-refractivity contribution in [3.8, 4) is 16.9 Å². The minimum absolute atomic E-state index is 0.176. The predicted octanol–water partition coefficient (Wildman–Crippen LogP) is 3.26. The molecule has 7 heteroatoms. The molecule has 1 atom stereocenters. The SMILES string of the molecule is CC(C)CC(NC(=O)O)C(=O)Nc1ccc2c(c1)OCc1cnccc1-2. The van der Waals surface area contributed by atoms with Crippen LogP contribution in [0.5, 0.6) is 5.75 Å². The number of hydrogen-bond donors (Lipinski definition) is 3. The van der Waals surface area contributed by atoms with E-state index in [9.17, 15) is 9.59 Å². The number of pyridine rings is 1. The van der Waals surface area contributed by atoms with Gasteiger partial charge in [0.15, 0.2) is 0 Å². The number of nitrogens with one attached hydrogen (secondary N) is 2. The molecule has 3 N–H and O–H groups in total. The van der Waals surface area contributed by atoms with Crippen molar-refractivity contribution in [1.29, 1.82) is 0 Å². The van der Waals surface area contributed by atoms with Gasteiger partial charge < -0.3 is 20.5 Å². The number of carbonyl (C=O) groups is 2. The van der Waals surface area contributed by atoms with Gasteiger partial charge in [-0.2, -0.15) is 0 Å². The van der Waals surface area contributed by atoms with Gasteiger partial charge in [-0.1, -0.05) is 13.8 Å². The third-order valence-corrected chi connectivity index (χ3v) is 4.15. The number of rotatable bonds is 5. The first kappa shape index (κ1) is 17.7. The van der Waals surface area contributed by atoms with Crippen molar-refractivity contribution in [3.05, 3.63) is 42.2 Å². The Morgan fingerprint density at radius 2 is 2.08 bits per heavy atom. The van der Waals surface area contributed by atoms with E-state index in [2.05, 4.69) is 15.6 Å². The lowest BCUT2D eigenvalue weighted by atomic mass is 9.98. The highest BCUT2D eigenvalue weighted by Gasteiger charge is 2.23. The fourth-order valence-corrected chi connectivity index (χ4v) is 2.98. The number of hydrogen-bond acceptors (Lipinski definition) is 4. The number of anilines is 1. The van der Waals surface area contributed by atoms with E-state index in [0.717, 1.165) is 16.7 Å². The molecule has 1 aromatic heterocycles. The Morgan fingerprint density at radius 3 is 2.81 bits per heavy atom. The Kier molecular flexibility index (Phi) is 5.06. The minimum atomic E-state index is -1.22. The molecule has 1 aliphatic heterocycles. The average Bonchev–Trinajstić information content (AvgIpc) is 2.60. The van der Waals surface area contributed by atoms with Crippen molar-refractivity contribution in [2.24, 2.45) is 5.92 Å². The maximum atomic E-state index is 12.5. The number of fused-ring (bicyclic) bond motifs is 3. The maximum Gasteiger partial charge on any atom is 0.405 e. The Balaban J connectivity index is 1.79. The molecule has 0 radical (unpaired) electrons. The topological polar surface area (TPSA) is 101 Å². The summed E-state index contributed by atoms with van der Waals surface area (Å²) in [5.74, 6) is 0.462. The second kappa shape index (κ2) is 7.43. The molecule has 3 rings (SSSR count). The number of carboxylic acid groups (broad SMARTS) is 1. The zero-order valence-electron chi connectivity index (χ0n) is 14.7.